The summed E-state index contributed by atoms with van der Waals surface area (Å²) >= 11 is 0. The first-order chi connectivity index (χ1) is 9.28. The van der Waals surface area contributed by atoms with Gasteiger partial charge in [0.25, 0.3) is 0 Å². The second kappa shape index (κ2) is 7.61. The molecule has 0 aliphatic carbocycles. The fourth-order valence-electron chi connectivity index (χ4n) is 2.56. The largest absolute Gasteiger partial charge is 0.311 e. The highest BCUT2D eigenvalue weighted by Crippen LogP contribution is 2.17. The maximum atomic E-state index is 4.75. The molecule has 1 aromatic rings. The summed E-state index contributed by atoms with van der Waals surface area (Å²) in [5, 5.41) is 3.41. The van der Waals surface area contributed by atoms with E-state index in [1.165, 1.54) is 38.0 Å². The van der Waals surface area contributed by atoms with E-state index in [2.05, 4.69) is 42.3 Å². The van der Waals surface area contributed by atoms with Crippen molar-refractivity contribution in [2.24, 2.45) is 5.92 Å². The lowest BCUT2D eigenvalue weighted by molar-refractivity contribution is 0.183. The monoisotopic (exact) mass is 261 g/mol. The average Bonchev–Trinajstić information content (AvgIpc) is 2.42. The summed E-state index contributed by atoms with van der Waals surface area (Å²) < 4.78 is 0. The van der Waals surface area contributed by atoms with Crippen LogP contribution >= 0.6 is 0 Å². The van der Waals surface area contributed by atoms with E-state index in [9.17, 15) is 0 Å². The Kier molecular flexibility index (Phi) is 5.80. The van der Waals surface area contributed by atoms with Crippen molar-refractivity contribution in [1.82, 2.24) is 15.2 Å². The number of nitrogens with one attached hydrogen (secondary N) is 1. The maximum absolute atomic E-state index is 4.75. The normalized spacial score (nSPS) is 17.8. The highest BCUT2D eigenvalue weighted by molar-refractivity contribution is 5.11. The van der Waals surface area contributed by atoms with Crippen LogP contribution in [0.3, 0.4) is 0 Å². The van der Waals surface area contributed by atoms with Crippen molar-refractivity contribution in [3.05, 3.63) is 29.6 Å². The SMILES string of the molecule is CCCNCc1cccc(CN2CCC(C)CC2)n1. The van der Waals surface area contributed by atoms with Crippen molar-refractivity contribution in [3.8, 4) is 0 Å². The molecule has 0 bridgehead atoms. The molecule has 1 N–H and O–H groups in total. The standard InChI is InChI=1S/C16H27N3/c1-3-9-17-12-15-5-4-6-16(18-15)13-19-10-7-14(2)8-11-19/h4-6,14,17H,3,7-13H2,1-2H3. The average molecular weight is 261 g/mol. The quantitative estimate of drug-likeness (QED) is 0.798. The highest BCUT2D eigenvalue weighted by atomic mass is 15.1. The fourth-order valence-corrected chi connectivity index (χ4v) is 2.56. The minimum atomic E-state index is 0.888. The molecule has 1 aliphatic heterocycles. The van der Waals surface area contributed by atoms with Crippen molar-refractivity contribution >= 4 is 0 Å². The highest BCUT2D eigenvalue weighted by Gasteiger charge is 2.15. The molecule has 1 aromatic heterocycles. The first kappa shape index (κ1) is 14.5. The Hall–Kier alpha value is -0.930. The number of rotatable bonds is 6. The van der Waals surface area contributed by atoms with Crippen LogP contribution in [-0.2, 0) is 13.1 Å². The summed E-state index contributed by atoms with van der Waals surface area (Å²) in [6.45, 7) is 9.95. The summed E-state index contributed by atoms with van der Waals surface area (Å²) in [6.07, 6.45) is 3.83. The van der Waals surface area contributed by atoms with Crippen LogP contribution in [0.25, 0.3) is 0 Å². The van der Waals surface area contributed by atoms with Crippen molar-refractivity contribution in [3.63, 3.8) is 0 Å². The molecular weight excluding hydrogens is 234 g/mol. The molecule has 3 nitrogen and oxygen atoms in total. The minimum Gasteiger partial charge on any atom is -0.311 e. The summed E-state index contributed by atoms with van der Waals surface area (Å²) in [4.78, 5) is 7.29. The van der Waals surface area contributed by atoms with Gasteiger partial charge in [-0.25, -0.2) is 0 Å². The second-order valence-electron chi connectivity index (χ2n) is 5.76. The van der Waals surface area contributed by atoms with Crippen LogP contribution in [0.1, 0.15) is 44.5 Å². The van der Waals surface area contributed by atoms with Crippen molar-refractivity contribution in [2.75, 3.05) is 19.6 Å². The van der Waals surface area contributed by atoms with Crippen LogP contribution in [-0.4, -0.2) is 29.5 Å². The molecule has 0 atom stereocenters. The van der Waals surface area contributed by atoms with Crippen molar-refractivity contribution in [2.45, 2.75) is 46.2 Å². The molecule has 0 radical (unpaired) electrons. The van der Waals surface area contributed by atoms with E-state index in [1.54, 1.807) is 0 Å². The molecule has 3 heteroatoms. The predicted molar refractivity (Wildman–Crippen MR) is 79.9 cm³/mol. The van der Waals surface area contributed by atoms with Crippen molar-refractivity contribution < 1.29 is 0 Å². The molecule has 0 unspecified atom stereocenters. The van der Waals surface area contributed by atoms with Crippen LogP contribution in [0.4, 0.5) is 0 Å². The van der Waals surface area contributed by atoms with E-state index in [0.29, 0.717) is 0 Å². The molecule has 2 heterocycles. The number of aromatic nitrogens is 1. The molecule has 0 spiro atoms. The lowest BCUT2D eigenvalue weighted by atomic mass is 9.99. The van der Waals surface area contributed by atoms with Gasteiger partial charge in [-0.1, -0.05) is 19.9 Å². The maximum Gasteiger partial charge on any atom is 0.0547 e. The van der Waals surface area contributed by atoms with Crippen LogP contribution in [0.5, 0.6) is 0 Å². The van der Waals surface area contributed by atoms with Gasteiger partial charge < -0.3 is 5.32 Å². The third-order valence-corrected chi connectivity index (χ3v) is 3.86. The van der Waals surface area contributed by atoms with Gasteiger partial charge in [0.2, 0.25) is 0 Å². The Morgan fingerprint density at radius 2 is 2.00 bits per heavy atom. The summed E-state index contributed by atoms with van der Waals surface area (Å²) in [5.74, 6) is 0.897. The minimum absolute atomic E-state index is 0.888. The first-order valence-corrected chi connectivity index (χ1v) is 7.66. The first-order valence-electron chi connectivity index (χ1n) is 7.66. The van der Waals surface area contributed by atoms with Gasteiger partial charge in [-0.2, -0.15) is 0 Å². The van der Waals surface area contributed by atoms with Gasteiger partial charge >= 0.3 is 0 Å². The number of hydrogen-bond donors (Lipinski definition) is 1. The molecule has 2 rings (SSSR count). The second-order valence-corrected chi connectivity index (χ2v) is 5.76. The molecule has 1 saturated heterocycles. The molecule has 106 valence electrons. The molecule has 0 amide bonds. The number of piperidine rings is 1. The third-order valence-electron chi connectivity index (χ3n) is 3.86. The Morgan fingerprint density at radius 1 is 1.26 bits per heavy atom. The van der Waals surface area contributed by atoms with Gasteiger partial charge in [0, 0.05) is 13.1 Å². The third kappa shape index (κ3) is 4.92. The van der Waals surface area contributed by atoms with E-state index >= 15 is 0 Å². The van der Waals surface area contributed by atoms with Gasteiger partial charge in [0.05, 0.1) is 11.4 Å². The topological polar surface area (TPSA) is 28.2 Å². The molecule has 0 aromatic carbocycles. The van der Waals surface area contributed by atoms with E-state index < -0.39 is 0 Å². The zero-order valence-electron chi connectivity index (χ0n) is 12.4. The van der Waals surface area contributed by atoms with Gasteiger partial charge in [-0.3, -0.25) is 9.88 Å². The van der Waals surface area contributed by atoms with Gasteiger partial charge in [-0.15, -0.1) is 0 Å². The number of hydrogen-bond acceptors (Lipinski definition) is 3. The smallest absolute Gasteiger partial charge is 0.0547 e. The van der Waals surface area contributed by atoms with Crippen molar-refractivity contribution in [1.29, 1.82) is 0 Å². The fraction of sp³-hybridized carbons (Fsp3) is 0.688. The Balaban J connectivity index is 1.84. The molecule has 1 fully saturated rings. The van der Waals surface area contributed by atoms with E-state index in [-0.39, 0.29) is 0 Å². The molecule has 19 heavy (non-hydrogen) atoms. The van der Waals surface area contributed by atoms with E-state index in [4.69, 9.17) is 4.98 Å². The zero-order chi connectivity index (χ0) is 13.5. The molecule has 0 saturated carbocycles. The summed E-state index contributed by atoms with van der Waals surface area (Å²) in [6, 6.07) is 6.41. The molecular formula is C16H27N3. The summed E-state index contributed by atoms with van der Waals surface area (Å²) in [5.41, 5.74) is 2.38. The van der Waals surface area contributed by atoms with Gasteiger partial charge in [-0.05, 0) is 56.9 Å². The Morgan fingerprint density at radius 3 is 2.74 bits per heavy atom. The van der Waals surface area contributed by atoms with Crippen LogP contribution in [0.15, 0.2) is 18.2 Å². The van der Waals surface area contributed by atoms with Gasteiger partial charge in [0.1, 0.15) is 0 Å². The number of pyridine rings is 1. The number of nitrogens with zero attached hydrogens (tertiary/aromatic N) is 2. The zero-order valence-corrected chi connectivity index (χ0v) is 12.4. The van der Waals surface area contributed by atoms with Crippen LogP contribution < -0.4 is 5.32 Å². The van der Waals surface area contributed by atoms with Crippen LogP contribution in [0.2, 0.25) is 0 Å². The van der Waals surface area contributed by atoms with E-state index in [1.807, 2.05) is 0 Å². The van der Waals surface area contributed by atoms with Gasteiger partial charge in [0.15, 0.2) is 0 Å². The predicted octanol–water partition coefficient (Wildman–Crippen LogP) is 2.81. The number of likely N-dealkylation sites (tertiary alicyclic amines) is 1. The summed E-state index contributed by atoms with van der Waals surface area (Å²) in [7, 11) is 0. The molecule has 1 aliphatic rings. The van der Waals surface area contributed by atoms with Crippen LogP contribution in [0, 0.1) is 5.92 Å². The van der Waals surface area contributed by atoms with E-state index in [0.717, 1.165) is 31.2 Å². The Bertz CT molecular complexity index is 370. The Labute approximate surface area is 117 Å². The lowest BCUT2D eigenvalue weighted by Crippen LogP contribution is -2.32. The lowest BCUT2D eigenvalue weighted by Gasteiger charge is -2.29.